The van der Waals surface area contributed by atoms with Crippen LogP contribution in [-0.2, 0) is 9.53 Å². The summed E-state index contributed by atoms with van der Waals surface area (Å²) in [4.78, 5) is 24.9. The highest BCUT2D eigenvalue weighted by Gasteiger charge is 2.38. The Kier molecular flexibility index (Phi) is 4.29. The van der Waals surface area contributed by atoms with Crippen molar-refractivity contribution >= 4 is 33.5 Å². The van der Waals surface area contributed by atoms with Crippen molar-refractivity contribution in [1.29, 1.82) is 0 Å². The number of carbonyl (C=O) groups excluding carboxylic acids is 1. The van der Waals surface area contributed by atoms with E-state index >= 15 is 0 Å². The highest BCUT2D eigenvalue weighted by Crippen LogP contribution is 2.24. The van der Waals surface area contributed by atoms with Crippen molar-refractivity contribution in [3.05, 3.63) is 28.2 Å². The van der Waals surface area contributed by atoms with Gasteiger partial charge in [0.05, 0.1) is 19.3 Å². The molecule has 0 aliphatic carbocycles. The van der Waals surface area contributed by atoms with Gasteiger partial charge in [0, 0.05) is 22.8 Å². The first-order chi connectivity index (χ1) is 9.41. The first kappa shape index (κ1) is 14.8. The monoisotopic (exact) mass is 342 g/mol. The lowest BCUT2D eigenvalue weighted by Crippen LogP contribution is -2.44. The first-order valence-corrected chi connectivity index (χ1v) is 6.84. The van der Waals surface area contributed by atoms with Crippen LogP contribution in [0.1, 0.15) is 10.4 Å². The Morgan fingerprint density at radius 1 is 1.45 bits per heavy atom. The second-order valence-corrected chi connectivity index (χ2v) is 5.56. The number of hydrogen-bond donors (Lipinski definition) is 2. The molecule has 0 bridgehead atoms. The van der Waals surface area contributed by atoms with Gasteiger partial charge < -0.3 is 20.5 Å². The maximum absolute atomic E-state index is 12.4. The van der Waals surface area contributed by atoms with Gasteiger partial charge >= 0.3 is 5.97 Å². The molecule has 108 valence electrons. The van der Waals surface area contributed by atoms with Crippen molar-refractivity contribution < 1.29 is 19.4 Å². The Labute approximate surface area is 124 Å². The molecule has 1 aromatic carbocycles. The number of ether oxygens (including phenoxy) is 1. The number of halogens is 1. The number of carbonyl (C=O) groups is 2. The summed E-state index contributed by atoms with van der Waals surface area (Å²) in [6.45, 7) is 0.352. The van der Waals surface area contributed by atoms with Gasteiger partial charge in [-0.15, -0.1) is 0 Å². The Morgan fingerprint density at radius 3 is 2.75 bits per heavy atom. The summed E-state index contributed by atoms with van der Waals surface area (Å²) in [7, 11) is 1.58. The molecule has 3 N–H and O–H groups in total. The molecular formula is C13H15BrN2O4. The van der Waals surface area contributed by atoms with Gasteiger partial charge in [0.15, 0.2) is 0 Å². The maximum Gasteiger partial charge on any atom is 0.311 e. The van der Waals surface area contributed by atoms with Crippen LogP contribution in [0.5, 0.6) is 0 Å². The number of rotatable bonds is 3. The van der Waals surface area contributed by atoms with Gasteiger partial charge in [-0.1, -0.05) is 0 Å². The number of nitrogen functional groups attached to an aromatic ring is 1. The molecule has 20 heavy (non-hydrogen) atoms. The number of hydrogen-bond acceptors (Lipinski definition) is 4. The summed E-state index contributed by atoms with van der Waals surface area (Å²) < 4.78 is 5.89. The van der Waals surface area contributed by atoms with Gasteiger partial charge in [0.2, 0.25) is 0 Å². The quantitative estimate of drug-likeness (QED) is 0.805. The van der Waals surface area contributed by atoms with Crippen molar-refractivity contribution in [3.8, 4) is 0 Å². The number of nitrogens with zero attached hydrogens (tertiary/aromatic N) is 1. The van der Waals surface area contributed by atoms with Crippen LogP contribution >= 0.6 is 15.9 Å². The third kappa shape index (κ3) is 2.78. The normalized spacial score (nSPS) is 21.7. The number of amides is 1. The van der Waals surface area contributed by atoms with E-state index in [9.17, 15) is 9.59 Å². The van der Waals surface area contributed by atoms with Crippen LogP contribution in [0, 0.1) is 5.92 Å². The molecule has 1 fully saturated rings. The van der Waals surface area contributed by atoms with Crippen LogP contribution in [-0.4, -0.2) is 48.2 Å². The predicted octanol–water partition coefficient (Wildman–Crippen LogP) is 1.20. The fourth-order valence-corrected chi connectivity index (χ4v) is 2.44. The van der Waals surface area contributed by atoms with Crippen LogP contribution in [0.3, 0.4) is 0 Å². The Morgan fingerprint density at radius 2 is 2.15 bits per heavy atom. The van der Waals surface area contributed by atoms with Crippen molar-refractivity contribution in [2.45, 2.75) is 6.04 Å². The number of nitrogens with two attached hydrogens (primary N) is 1. The molecule has 0 aromatic heterocycles. The molecular weight excluding hydrogens is 328 g/mol. The van der Waals surface area contributed by atoms with Gasteiger partial charge in [0.1, 0.15) is 5.92 Å². The molecule has 2 unspecified atom stereocenters. The fraction of sp³-hybridized carbons (Fsp3) is 0.385. The molecule has 0 saturated carbocycles. The van der Waals surface area contributed by atoms with Crippen LogP contribution in [0.15, 0.2) is 22.7 Å². The average molecular weight is 343 g/mol. The van der Waals surface area contributed by atoms with E-state index in [0.717, 1.165) is 0 Å². The zero-order valence-electron chi connectivity index (χ0n) is 10.9. The summed E-state index contributed by atoms with van der Waals surface area (Å²) in [5.41, 5.74) is 6.63. The van der Waals surface area contributed by atoms with Crippen LogP contribution in [0.2, 0.25) is 0 Å². The van der Waals surface area contributed by atoms with Gasteiger partial charge in [0.25, 0.3) is 5.91 Å². The van der Waals surface area contributed by atoms with Crippen molar-refractivity contribution in [1.82, 2.24) is 4.90 Å². The number of carboxylic acid groups (broad SMARTS) is 1. The number of aliphatic carboxylic acids is 1. The van der Waals surface area contributed by atoms with E-state index in [1.54, 1.807) is 25.2 Å². The second kappa shape index (κ2) is 5.80. The lowest BCUT2D eigenvalue weighted by molar-refractivity contribution is -0.142. The molecule has 1 amide bonds. The molecule has 1 heterocycles. The van der Waals surface area contributed by atoms with Crippen LogP contribution in [0.4, 0.5) is 5.69 Å². The van der Waals surface area contributed by atoms with E-state index in [4.69, 9.17) is 15.6 Å². The standard InChI is InChI=1S/C13H15BrN2O4/c1-16(11-6-20-5-8(11)13(18)19)12(17)7-2-3-9(14)10(15)4-7/h2-4,8,11H,5-6,15H2,1H3,(H,18,19). The number of carboxylic acids is 1. The third-order valence-corrected chi connectivity index (χ3v) is 4.15. The molecule has 6 nitrogen and oxygen atoms in total. The summed E-state index contributed by atoms with van der Waals surface area (Å²) >= 11 is 3.26. The second-order valence-electron chi connectivity index (χ2n) is 4.70. The fourth-order valence-electron chi connectivity index (χ4n) is 2.19. The van der Waals surface area contributed by atoms with Gasteiger partial charge in [-0.3, -0.25) is 9.59 Å². The average Bonchev–Trinajstić information content (AvgIpc) is 2.89. The number of likely N-dealkylation sites (N-methyl/N-ethyl adjacent to an activating group) is 1. The highest BCUT2D eigenvalue weighted by molar-refractivity contribution is 9.10. The molecule has 0 radical (unpaired) electrons. The minimum atomic E-state index is -0.956. The summed E-state index contributed by atoms with van der Waals surface area (Å²) in [6.07, 6.45) is 0. The Bertz CT molecular complexity index is 549. The van der Waals surface area contributed by atoms with Crippen molar-refractivity contribution in [2.24, 2.45) is 5.92 Å². The maximum atomic E-state index is 12.4. The molecule has 1 saturated heterocycles. The number of benzene rings is 1. The van der Waals surface area contributed by atoms with E-state index in [1.807, 2.05) is 0 Å². The highest BCUT2D eigenvalue weighted by atomic mass is 79.9. The molecule has 1 aliphatic heterocycles. The Balaban J connectivity index is 2.19. The number of anilines is 1. The summed E-state index contributed by atoms with van der Waals surface area (Å²) in [6, 6.07) is 4.43. The van der Waals surface area contributed by atoms with E-state index < -0.39 is 17.9 Å². The van der Waals surface area contributed by atoms with E-state index in [1.165, 1.54) is 4.90 Å². The van der Waals surface area contributed by atoms with E-state index in [0.29, 0.717) is 15.7 Å². The van der Waals surface area contributed by atoms with Gasteiger partial charge in [-0.05, 0) is 34.1 Å². The molecule has 1 aliphatic rings. The van der Waals surface area contributed by atoms with Gasteiger partial charge in [-0.25, -0.2) is 0 Å². The minimum Gasteiger partial charge on any atom is -0.481 e. The zero-order chi connectivity index (χ0) is 14.9. The molecule has 2 atom stereocenters. The molecule has 0 spiro atoms. The molecule has 2 rings (SSSR count). The summed E-state index contributed by atoms with van der Waals surface area (Å²) in [5.74, 6) is -1.93. The third-order valence-electron chi connectivity index (χ3n) is 3.43. The predicted molar refractivity (Wildman–Crippen MR) is 76.4 cm³/mol. The van der Waals surface area contributed by atoms with E-state index in [2.05, 4.69) is 15.9 Å². The molecule has 1 aromatic rings. The lowest BCUT2D eigenvalue weighted by atomic mass is 10.0. The van der Waals surface area contributed by atoms with Crippen molar-refractivity contribution in [2.75, 3.05) is 26.0 Å². The minimum absolute atomic E-state index is 0.125. The summed E-state index contributed by atoms with van der Waals surface area (Å²) in [5, 5.41) is 9.12. The lowest BCUT2D eigenvalue weighted by Gasteiger charge is -2.26. The van der Waals surface area contributed by atoms with Crippen molar-refractivity contribution in [3.63, 3.8) is 0 Å². The largest absolute Gasteiger partial charge is 0.481 e. The first-order valence-electron chi connectivity index (χ1n) is 6.04. The Hall–Kier alpha value is -1.60. The van der Waals surface area contributed by atoms with Crippen LogP contribution in [0.25, 0.3) is 0 Å². The van der Waals surface area contributed by atoms with E-state index in [-0.39, 0.29) is 19.1 Å². The molecule has 7 heteroatoms. The SMILES string of the molecule is CN(C(=O)c1ccc(Br)c(N)c1)C1COCC1C(=O)O. The zero-order valence-corrected chi connectivity index (χ0v) is 12.5. The van der Waals surface area contributed by atoms with Crippen LogP contribution < -0.4 is 5.73 Å². The smallest absolute Gasteiger partial charge is 0.311 e. The van der Waals surface area contributed by atoms with Gasteiger partial charge in [-0.2, -0.15) is 0 Å². The topological polar surface area (TPSA) is 92.9 Å².